The molecule has 150 valence electrons. The summed E-state index contributed by atoms with van der Waals surface area (Å²) in [5.74, 6) is -0.275. The molecule has 2 aromatic carbocycles. The summed E-state index contributed by atoms with van der Waals surface area (Å²) in [6.07, 6.45) is 0.996. The molecule has 1 fully saturated rings. The van der Waals surface area contributed by atoms with Crippen LogP contribution in [0, 0.1) is 0 Å². The Morgan fingerprint density at radius 3 is 2.25 bits per heavy atom. The van der Waals surface area contributed by atoms with Gasteiger partial charge in [0.25, 0.3) is 0 Å². The second-order valence-electron chi connectivity index (χ2n) is 7.10. The third-order valence-electron chi connectivity index (χ3n) is 5.16. The second kappa shape index (κ2) is 10.4. The molecule has 1 aliphatic rings. The van der Waals surface area contributed by atoms with Crippen LogP contribution in [0.5, 0.6) is 0 Å². The number of morpholine rings is 1. The Kier molecular flexibility index (Phi) is 7.60. The van der Waals surface area contributed by atoms with Crippen molar-refractivity contribution in [1.82, 2.24) is 10.2 Å². The van der Waals surface area contributed by atoms with Gasteiger partial charge in [-0.3, -0.25) is 4.90 Å². The third-order valence-corrected chi connectivity index (χ3v) is 5.16. The van der Waals surface area contributed by atoms with Crippen molar-refractivity contribution in [2.24, 2.45) is 0 Å². The van der Waals surface area contributed by atoms with Crippen LogP contribution in [0.15, 0.2) is 48.5 Å². The quantitative estimate of drug-likeness (QED) is 0.712. The van der Waals surface area contributed by atoms with Gasteiger partial charge in [-0.15, -0.1) is 0 Å². The molecule has 0 aliphatic carbocycles. The van der Waals surface area contributed by atoms with Gasteiger partial charge in [0.15, 0.2) is 0 Å². The van der Waals surface area contributed by atoms with E-state index in [0.717, 1.165) is 50.4 Å². The van der Waals surface area contributed by atoms with Gasteiger partial charge < -0.3 is 14.8 Å². The van der Waals surface area contributed by atoms with Crippen molar-refractivity contribution < 1.29 is 14.3 Å². The van der Waals surface area contributed by atoms with Crippen LogP contribution < -0.4 is 5.32 Å². The Hall–Kier alpha value is -2.21. The molecular formula is C23H30N2O3. The maximum absolute atomic E-state index is 11.8. The maximum Gasteiger partial charge on any atom is 0.338 e. The molecule has 1 atom stereocenters. The summed E-state index contributed by atoms with van der Waals surface area (Å²) in [4.78, 5) is 14.2. The zero-order chi connectivity index (χ0) is 19.8. The van der Waals surface area contributed by atoms with E-state index in [1.165, 1.54) is 5.56 Å². The van der Waals surface area contributed by atoms with Crippen molar-refractivity contribution in [3.05, 3.63) is 59.7 Å². The number of benzene rings is 2. The molecule has 0 spiro atoms. The predicted octanol–water partition coefficient (Wildman–Crippen LogP) is 2.99. The first kappa shape index (κ1) is 20.5. The molecule has 1 aliphatic heterocycles. The van der Waals surface area contributed by atoms with E-state index in [4.69, 9.17) is 9.47 Å². The summed E-state index contributed by atoms with van der Waals surface area (Å²) >= 11 is 0. The predicted molar refractivity (Wildman–Crippen MR) is 112 cm³/mol. The summed E-state index contributed by atoms with van der Waals surface area (Å²) in [7, 11) is 2.03. The number of carbonyl (C=O) groups is 1. The number of likely N-dealkylation sites (N-methyl/N-ethyl adjacent to an activating group) is 1. The molecule has 3 rings (SSSR count). The zero-order valence-corrected chi connectivity index (χ0v) is 16.8. The maximum atomic E-state index is 11.8. The number of esters is 1. The molecular weight excluding hydrogens is 352 g/mol. The monoisotopic (exact) mass is 382 g/mol. The number of ether oxygens (including phenoxy) is 2. The van der Waals surface area contributed by atoms with Gasteiger partial charge in [0.1, 0.15) is 0 Å². The number of nitrogens with one attached hydrogen (secondary N) is 1. The van der Waals surface area contributed by atoms with Crippen molar-refractivity contribution in [3.63, 3.8) is 0 Å². The lowest BCUT2D eigenvalue weighted by Crippen LogP contribution is -2.45. The average molecular weight is 383 g/mol. The van der Waals surface area contributed by atoms with Gasteiger partial charge in [0, 0.05) is 25.7 Å². The summed E-state index contributed by atoms with van der Waals surface area (Å²) < 4.78 is 10.5. The van der Waals surface area contributed by atoms with Crippen molar-refractivity contribution in [3.8, 4) is 11.1 Å². The number of hydrogen-bond donors (Lipinski definition) is 1. The minimum atomic E-state index is -0.275. The lowest BCUT2D eigenvalue weighted by molar-refractivity contribution is 0.0339. The molecule has 0 amide bonds. The molecule has 5 heteroatoms. The Morgan fingerprint density at radius 2 is 1.68 bits per heavy atom. The van der Waals surface area contributed by atoms with E-state index in [0.29, 0.717) is 18.2 Å². The molecule has 1 saturated heterocycles. The van der Waals surface area contributed by atoms with Crippen LogP contribution in [-0.4, -0.2) is 63.4 Å². The van der Waals surface area contributed by atoms with Gasteiger partial charge in [0.05, 0.1) is 25.4 Å². The van der Waals surface area contributed by atoms with E-state index in [1.807, 2.05) is 38.2 Å². The number of carbonyl (C=O) groups excluding carboxylic acids is 1. The highest BCUT2D eigenvalue weighted by molar-refractivity contribution is 5.90. The SMILES string of the molecule is CCOC(=O)c1ccc(-c2ccc(CC(CN3CCOCC3)NC)cc2)cc1. The van der Waals surface area contributed by atoms with Crippen molar-refractivity contribution >= 4 is 5.97 Å². The minimum absolute atomic E-state index is 0.275. The highest BCUT2D eigenvalue weighted by atomic mass is 16.5. The Bertz CT molecular complexity index is 737. The molecule has 0 saturated carbocycles. The standard InChI is InChI=1S/C23H30N2O3/c1-3-28-23(26)21-10-8-20(9-11-21)19-6-4-18(5-7-19)16-22(24-2)17-25-12-14-27-15-13-25/h4-11,22,24H,3,12-17H2,1-2H3. The smallest absolute Gasteiger partial charge is 0.338 e. The lowest BCUT2D eigenvalue weighted by Gasteiger charge is -2.30. The second-order valence-corrected chi connectivity index (χ2v) is 7.10. The largest absolute Gasteiger partial charge is 0.462 e. The van der Waals surface area contributed by atoms with Crippen LogP contribution in [-0.2, 0) is 15.9 Å². The van der Waals surface area contributed by atoms with Crippen molar-refractivity contribution in [2.45, 2.75) is 19.4 Å². The Labute approximate surface area is 167 Å². The first-order valence-corrected chi connectivity index (χ1v) is 10.0. The molecule has 5 nitrogen and oxygen atoms in total. The van der Waals surface area contributed by atoms with E-state index in [9.17, 15) is 4.79 Å². The molecule has 2 aromatic rings. The number of nitrogens with zero attached hydrogens (tertiary/aromatic N) is 1. The number of hydrogen-bond acceptors (Lipinski definition) is 5. The van der Waals surface area contributed by atoms with Crippen LogP contribution in [0.25, 0.3) is 11.1 Å². The highest BCUT2D eigenvalue weighted by Crippen LogP contribution is 2.21. The zero-order valence-electron chi connectivity index (χ0n) is 16.8. The van der Waals surface area contributed by atoms with Crippen LogP contribution >= 0.6 is 0 Å². The van der Waals surface area contributed by atoms with E-state index in [-0.39, 0.29) is 5.97 Å². The van der Waals surface area contributed by atoms with Crippen LogP contribution in [0.2, 0.25) is 0 Å². The van der Waals surface area contributed by atoms with Gasteiger partial charge >= 0.3 is 5.97 Å². The van der Waals surface area contributed by atoms with E-state index >= 15 is 0 Å². The third kappa shape index (κ3) is 5.64. The molecule has 0 bridgehead atoms. The topological polar surface area (TPSA) is 50.8 Å². The van der Waals surface area contributed by atoms with Crippen LogP contribution in [0.3, 0.4) is 0 Å². The van der Waals surface area contributed by atoms with E-state index in [1.54, 1.807) is 0 Å². The first-order chi connectivity index (χ1) is 13.7. The molecule has 28 heavy (non-hydrogen) atoms. The fourth-order valence-electron chi connectivity index (χ4n) is 3.48. The van der Waals surface area contributed by atoms with Gasteiger partial charge in [-0.05, 0) is 49.2 Å². The Balaban J connectivity index is 1.60. The fourth-order valence-corrected chi connectivity index (χ4v) is 3.48. The summed E-state index contributed by atoms with van der Waals surface area (Å²) in [6, 6.07) is 16.7. The fraction of sp³-hybridized carbons (Fsp3) is 0.435. The molecule has 1 heterocycles. The summed E-state index contributed by atoms with van der Waals surface area (Å²) in [5, 5.41) is 3.44. The molecule has 0 radical (unpaired) electrons. The summed E-state index contributed by atoms with van der Waals surface area (Å²) in [5.41, 5.74) is 4.15. The normalized spacial score (nSPS) is 15.9. The Morgan fingerprint density at radius 1 is 1.07 bits per heavy atom. The molecule has 0 aromatic heterocycles. The average Bonchev–Trinajstić information content (AvgIpc) is 2.75. The lowest BCUT2D eigenvalue weighted by atomic mass is 9.99. The van der Waals surface area contributed by atoms with Crippen LogP contribution in [0.4, 0.5) is 0 Å². The van der Waals surface area contributed by atoms with Crippen LogP contribution in [0.1, 0.15) is 22.8 Å². The number of rotatable bonds is 8. The minimum Gasteiger partial charge on any atom is -0.462 e. The van der Waals surface area contributed by atoms with Crippen molar-refractivity contribution in [2.75, 3.05) is 46.5 Å². The summed E-state index contributed by atoms with van der Waals surface area (Å²) in [6.45, 7) is 6.93. The van der Waals surface area contributed by atoms with Gasteiger partial charge in [0.2, 0.25) is 0 Å². The van der Waals surface area contributed by atoms with Gasteiger partial charge in [-0.2, -0.15) is 0 Å². The molecule has 1 unspecified atom stereocenters. The molecule has 1 N–H and O–H groups in total. The van der Waals surface area contributed by atoms with Gasteiger partial charge in [-0.25, -0.2) is 4.79 Å². The first-order valence-electron chi connectivity index (χ1n) is 10.0. The van der Waals surface area contributed by atoms with E-state index in [2.05, 4.69) is 34.5 Å². The van der Waals surface area contributed by atoms with Crippen molar-refractivity contribution in [1.29, 1.82) is 0 Å². The highest BCUT2D eigenvalue weighted by Gasteiger charge is 2.16. The van der Waals surface area contributed by atoms with E-state index < -0.39 is 0 Å². The van der Waals surface area contributed by atoms with Gasteiger partial charge in [-0.1, -0.05) is 36.4 Å².